The third kappa shape index (κ3) is 4.53. The molecule has 2 aromatic rings. The summed E-state index contributed by atoms with van der Waals surface area (Å²) >= 11 is 0. The Morgan fingerprint density at radius 3 is 2.14 bits per heavy atom. The molecule has 0 radical (unpaired) electrons. The zero-order valence-corrected chi connectivity index (χ0v) is 17.8. The molecule has 0 bridgehead atoms. The van der Waals surface area contributed by atoms with Gasteiger partial charge in [-0.1, -0.05) is 62.2 Å². The van der Waals surface area contributed by atoms with Crippen LogP contribution in [0.2, 0.25) is 0 Å². The number of benzene rings is 2. The molecule has 2 aliphatic carbocycles. The van der Waals surface area contributed by atoms with Crippen LogP contribution in [-0.4, -0.2) is 0 Å². The van der Waals surface area contributed by atoms with Gasteiger partial charge in [0.25, 0.3) is 0 Å². The van der Waals surface area contributed by atoms with E-state index in [-0.39, 0.29) is 0 Å². The van der Waals surface area contributed by atoms with Gasteiger partial charge in [0, 0.05) is 0 Å². The van der Waals surface area contributed by atoms with Crippen molar-refractivity contribution in [1.29, 1.82) is 0 Å². The molecule has 0 amide bonds. The first-order valence-corrected chi connectivity index (χ1v) is 11.9. The van der Waals surface area contributed by atoms with E-state index in [1.807, 2.05) is 0 Å². The summed E-state index contributed by atoms with van der Waals surface area (Å²) in [7, 11) is 0. The fourth-order valence-electron chi connectivity index (χ4n) is 6.01. The summed E-state index contributed by atoms with van der Waals surface area (Å²) in [6, 6.07) is 14.2. The molecule has 4 rings (SSSR count). The van der Waals surface area contributed by atoms with Gasteiger partial charge in [0.1, 0.15) is 0 Å². The van der Waals surface area contributed by atoms with Crippen molar-refractivity contribution in [1.82, 2.24) is 0 Å². The average molecular weight is 375 g/mol. The first-order chi connectivity index (χ1) is 13.8. The van der Waals surface area contributed by atoms with E-state index in [1.165, 1.54) is 80.5 Å². The molecule has 2 aliphatic rings. The quantitative estimate of drug-likeness (QED) is 0.445. The Morgan fingerprint density at radius 1 is 0.821 bits per heavy atom. The number of hydrogen-bond acceptors (Lipinski definition) is 0. The predicted octanol–water partition coefficient (Wildman–Crippen LogP) is 8.45. The molecule has 0 heterocycles. The smallest absolute Gasteiger partial charge is 0.0162 e. The van der Waals surface area contributed by atoms with Crippen molar-refractivity contribution in [2.24, 2.45) is 17.8 Å². The monoisotopic (exact) mass is 374 g/mol. The SMILES string of the molecule is C=CCCC1CCC(C2CCC(c3ccc4cc(CC)ccc4c3)CC2)CC1. The van der Waals surface area contributed by atoms with Gasteiger partial charge in [-0.05, 0) is 103 Å². The molecular formula is C28H38. The molecule has 0 atom stereocenters. The highest BCUT2D eigenvalue weighted by molar-refractivity contribution is 5.84. The Kier molecular flexibility index (Phi) is 6.55. The minimum Gasteiger partial charge on any atom is -0.103 e. The second kappa shape index (κ2) is 9.29. The van der Waals surface area contributed by atoms with Crippen molar-refractivity contribution in [2.45, 2.75) is 83.5 Å². The van der Waals surface area contributed by atoms with Crippen molar-refractivity contribution in [3.63, 3.8) is 0 Å². The highest BCUT2D eigenvalue weighted by atomic mass is 14.4. The van der Waals surface area contributed by atoms with E-state index in [0.29, 0.717) is 0 Å². The summed E-state index contributed by atoms with van der Waals surface area (Å²) in [6.07, 6.45) is 17.5. The van der Waals surface area contributed by atoms with Gasteiger partial charge >= 0.3 is 0 Å². The lowest BCUT2D eigenvalue weighted by molar-refractivity contribution is 0.157. The fraction of sp³-hybridized carbons (Fsp3) is 0.571. The molecule has 0 unspecified atom stereocenters. The molecule has 0 aliphatic heterocycles. The Morgan fingerprint density at radius 2 is 1.46 bits per heavy atom. The van der Waals surface area contributed by atoms with Crippen LogP contribution in [0.25, 0.3) is 10.8 Å². The summed E-state index contributed by atoms with van der Waals surface area (Å²) in [5.41, 5.74) is 3.03. The maximum absolute atomic E-state index is 3.89. The topological polar surface area (TPSA) is 0 Å². The van der Waals surface area contributed by atoms with E-state index in [1.54, 1.807) is 5.56 Å². The van der Waals surface area contributed by atoms with Crippen LogP contribution in [0, 0.1) is 17.8 Å². The van der Waals surface area contributed by atoms with Gasteiger partial charge in [0.15, 0.2) is 0 Å². The van der Waals surface area contributed by atoms with E-state index in [4.69, 9.17) is 0 Å². The first kappa shape index (κ1) is 19.7. The van der Waals surface area contributed by atoms with Crippen LogP contribution < -0.4 is 0 Å². The Bertz CT molecular complexity index is 770. The van der Waals surface area contributed by atoms with Crippen LogP contribution >= 0.6 is 0 Å². The maximum Gasteiger partial charge on any atom is -0.0162 e. The molecule has 150 valence electrons. The number of allylic oxidation sites excluding steroid dienone is 1. The number of fused-ring (bicyclic) bond motifs is 1. The zero-order valence-electron chi connectivity index (χ0n) is 17.8. The summed E-state index contributed by atoms with van der Waals surface area (Å²) in [4.78, 5) is 0. The van der Waals surface area contributed by atoms with Crippen LogP contribution in [0.3, 0.4) is 0 Å². The van der Waals surface area contributed by atoms with Crippen LogP contribution in [-0.2, 0) is 6.42 Å². The summed E-state index contributed by atoms with van der Waals surface area (Å²) < 4.78 is 0. The van der Waals surface area contributed by atoms with Gasteiger partial charge in [-0.25, -0.2) is 0 Å². The Balaban J connectivity index is 1.32. The van der Waals surface area contributed by atoms with Crippen LogP contribution in [0.4, 0.5) is 0 Å². The molecule has 2 saturated carbocycles. The second-order valence-electron chi connectivity index (χ2n) is 9.55. The number of rotatable bonds is 6. The van der Waals surface area contributed by atoms with Gasteiger partial charge in [-0.3, -0.25) is 0 Å². The first-order valence-electron chi connectivity index (χ1n) is 11.9. The van der Waals surface area contributed by atoms with Gasteiger partial charge < -0.3 is 0 Å². The lowest BCUT2D eigenvalue weighted by Crippen LogP contribution is -2.25. The van der Waals surface area contributed by atoms with Crippen molar-refractivity contribution >= 4 is 10.8 Å². The van der Waals surface area contributed by atoms with Gasteiger partial charge in [-0.15, -0.1) is 6.58 Å². The van der Waals surface area contributed by atoms with Crippen LogP contribution in [0.1, 0.15) is 88.2 Å². The molecule has 2 fully saturated rings. The summed E-state index contributed by atoms with van der Waals surface area (Å²) in [5, 5.41) is 2.83. The molecule has 28 heavy (non-hydrogen) atoms. The summed E-state index contributed by atoms with van der Waals surface area (Å²) in [6.45, 7) is 6.13. The van der Waals surface area contributed by atoms with E-state index in [0.717, 1.165) is 30.1 Å². The van der Waals surface area contributed by atoms with Gasteiger partial charge in [-0.2, -0.15) is 0 Å². The van der Waals surface area contributed by atoms with E-state index in [9.17, 15) is 0 Å². The van der Waals surface area contributed by atoms with Crippen molar-refractivity contribution in [3.05, 3.63) is 60.2 Å². The molecule has 0 saturated heterocycles. The number of aryl methyl sites for hydroxylation is 1. The molecule has 0 spiro atoms. The zero-order chi connectivity index (χ0) is 19.3. The van der Waals surface area contributed by atoms with Crippen molar-refractivity contribution < 1.29 is 0 Å². The predicted molar refractivity (Wildman–Crippen MR) is 123 cm³/mol. The lowest BCUT2D eigenvalue weighted by Gasteiger charge is -2.38. The molecule has 0 N–H and O–H groups in total. The largest absolute Gasteiger partial charge is 0.103 e. The molecule has 0 aromatic heterocycles. The van der Waals surface area contributed by atoms with Crippen molar-refractivity contribution in [3.8, 4) is 0 Å². The van der Waals surface area contributed by atoms with E-state index in [2.05, 4.69) is 56.0 Å². The highest BCUT2D eigenvalue weighted by Crippen LogP contribution is 2.44. The molecule has 0 heteroatoms. The average Bonchev–Trinajstić information content (AvgIpc) is 2.77. The Hall–Kier alpha value is -1.56. The van der Waals surface area contributed by atoms with E-state index < -0.39 is 0 Å². The van der Waals surface area contributed by atoms with Crippen molar-refractivity contribution in [2.75, 3.05) is 0 Å². The van der Waals surface area contributed by atoms with Crippen LogP contribution in [0.15, 0.2) is 49.1 Å². The maximum atomic E-state index is 3.89. The molecule has 0 nitrogen and oxygen atoms in total. The number of hydrogen-bond donors (Lipinski definition) is 0. The van der Waals surface area contributed by atoms with Crippen LogP contribution in [0.5, 0.6) is 0 Å². The fourth-order valence-corrected chi connectivity index (χ4v) is 6.01. The lowest BCUT2D eigenvalue weighted by atomic mass is 9.68. The third-order valence-electron chi connectivity index (χ3n) is 7.92. The Labute approximate surface area is 172 Å². The highest BCUT2D eigenvalue weighted by Gasteiger charge is 2.31. The standard InChI is InChI=1S/C28H38/c1-3-5-6-22-8-10-23(11-9-22)24-13-15-25(16-14-24)27-18-17-26-19-21(4-2)7-12-28(26)20-27/h3,7,12,17-20,22-25H,1,4-6,8-11,13-16H2,2H3. The summed E-state index contributed by atoms with van der Waals surface area (Å²) in [5.74, 6) is 3.79. The third-order valence-corrected chi connectivity index (χ3v) is 7.92. The normalized spacial score (nSPS) is 28.3. The van der Waals surface area contributed by atoms with Gasteiger partial charge in [0.2, 0.25) is 0 Å². The minimum atomic E-state index is 0.787. The van der Waals surface area contributed by atoms with E-state index >= 15 is 0 Å². The molecular weight excluding hydrogens is 336 g/mol. The van der Waals surface area contributed by atoms with Gasteiger partial charge in [0.05, 0.1) is 0 Å². The molecule has 2 aromatic carbocycles. The second-order valence-corrected chi connectivity index (χ2v) is 9.55. The minimum absolute atomic E-state index is 0.787.